The van der Waals surface area contributed by atoms with Crippen molar-refractivity contribution in [3.63, 3.8) is 0 Å². The van der Waals surface area contributed by atoms with Gasteiger partial charge in [-0.15, -0.1) is 0 Å². The molecule has 0 spiro atoms. The van der Waals surface area contributed by atoms with Crippen LogP contribution in [0.5, 0.6) is 0 Å². The third kappa shape index (κ3) is 1.53. The Morgan fingerprint density at radius 1 is 1.22 bits per heavy atom. The van der Waals surface area contributed by atoms with Crippen molar-refractivity contribution in [3.8, 4) is 0 Å². The Bertz CT molecular complexity index is 198. The van der Waals surface area contributed by atoms with Gasteiger partial charge in [0.05, 0.1) is 0 Å². The number of hydrogen-bond donors (Lipinski definition) is 0. The van der Waals surface area contributed by atoms with Crippen molar-refractivity contribution in [2.24, 2.45) is 0 Å². The van der Waals surface area contributed by atoms with Gasteiger partial charge in [0.25, 0.3) is 0 Å². The molecular formula is C8H8B. The second-order valence-corrected chi connectivity index (χ2v) is 2.08. The quantitative estimate of drug-likeness (QED) is 0.484. The van der Waals surface area contributed by atoms with E-state index in [1.54, 1.807) is 5.97 Å². The Hall–Kier alpha value is -0.845. The van der Waals surface area contributed by atoms with E-state index in [4.69, 9.17) is 7.49 Å². The molecule has 0 aliphatic carbocycles. The number of aryl methyl sites for hydroxylation is 1. The molecule has 0 saturated carbocycles. The molecule has 0 bridgehead atoms. The summed E-state index contributed by atoms with van der Waals surface area (Å²) in [6.07, 6.45) is 0. The zero-order valence-corrected chi connectivity index (χ0v) is 5.46. The average Bonchev–Trinajstić information content (AvgIpc) is 1.90. The normalized spacial score (nSPS) is 8.89. The Balaban J connectivity index is 3.01. The predicted octanol–water partition coefficient (Wildman–Crippen LogP) is 1.31. The van der Waals surface area contributed by atoms with Crippen LogP contribution in [0.25, 0.3) is 0 Å². The molecule has 9 heavy (non-hydrogen) atoms. The van der Waals surface area contributed by atoms with Crippen molar-refractivity contribution >= 4 is 13.5 Å². The van der Waals surface area contributed by atoms with Gasteiger partial charge in [0.1, 0.15) is 0 Å². The summed E-state index contributed by atoms with van der Waals surface area (Å²) in [7, 11) is 5.27. The monoisotopic (exact) mass is 115 g/mol. The fourth-order valence-corrected chi connectivity index (χ4v) is 0.678. The molecule has 1 aromatic carbocycles. The minimum atomic E-state index is 1.07. The van der Waals surface area contributed by atoms with Crippen LogP contribution in [-0.2, 0) is 0 Å². The van der Waals surface area contributed by atoms with E-state index in [2.05, 4.69) is 6.92 Å². The van der Waals surface area contributed by atoms with E-state index in [1.165, 1.54) is 5.56 Å². The zero-order chi connectivity index (χ0) is 6.69. The van der Waals surface area contributed by atoms with E-state index < -0.39 is 0 Å². The van der Waals surface area contributed by atoms with Gasteiger partial charge >= 0.3 is 55.8 Å². The molecule has 0 nitrogen and oxygen atoms in total. The Kier molecular flexibility index (Phi) is 1.83. The second kappa shape index (κ2) is 2.63. The SMILES string of the molecule is [B]=Cc1ccc(C)cc1. The molecule has 1 aromatic rings. The first-order chi connectivity index (χ1) is 4.33. The molecule has 1 rings (SSSR count). The maximum absolute atomic E-state index is 5.27. The van der Waals surface area contributed by atoms with Crippen LogP contribution in [-0.4, -0.2) is 13.5 Å². The van der Waals surface area contributed by atoms with Crippen molar-refractivity contribution < 1.29 is 0 Å². The van der Waals surface area contributed by atoms with E-state index in [1.807, 2.05) is 24.3 Å². The number of benzene rings is 1. The first-order valence-electron chi connectivity index (χ1n) is 2.94. The van der Waals surface area contributed by atoms with Crippen LogP contribution < -0.4 is 0 Å². The molecule has 0 aliphatic heterocycles. The van der Waals surface area contributed by atoms with E-state index in [0.717, 1.165) is 5.56 Å². The molecule has 0 amide bonds. The summed E-state index contributed by atoms with van der Waals surface area (Å²) in [6.45, 7) is 2.06. The first kappa shape index (κ1) is 6.28. The molecule has 0 N–H and O–H groups in total. The van der Waals surface area contributed by atoms with Crippen LogP contribution in [0.1, 0.15) is 11.1 Å². The Labute approximate surface area is 56.6 Å². The van der Waals surface area contributed by atoms with Gasteiger partial charge < -0.3 is 0 Å². The van der Waals surface area contributed by atoms with Gasteiger partial charge in [0.15, 0.2) is 0 Å². The fraction of sp³-hybridized carbons (Fsp3) is 0.125. The first-order valence-corrected chi connectivity index (χ1v) is 2.94. The third-order valence-corrected chi connectivity index (χ3v) is 1.27. The fourth-order valence-electron chi connectivity index (χ4n) is 0.678. The molecule has 0 saturated heterocycles. The van der Waals surface area contributed by atoms with Crippen LogP contribution in [0.2, 0.25) is 0 Å². The molecule has 0 fully saturated rings. The zero-order valence-electron chi connectivity index (χ0n) is 5.46. The number of hydrogen-bond acceptors (Lipinski definition) is 0. The summed E-state index contributed by atoms with van der Waals surface area (Å²) in [6, 6.07) is 8.07. The molecule has 0 heterocycles. The van der Waals surface area contributed by atoms with Crippen molar-refractivity contribution in [1.82, 2.24) is 0 Å². The van der Waals surface area contributed by atoms with E-state index in [-0.39, 0.29) is 0 Å². The third-order valence-electron chi connectivity index (χ3n) is 1.27. The Morgan fingerprint density at radius 2 is 1.78 bits per heavy atom. The van der Waals surface area contributed by atoms with Crippen LogP contribution in [0.3, 0.4) is 0 Å². The summed E-state index contributed by atoms with van der Waals surface area (Å²) >= 11 is 0. The number of rotatable bonds is 1. The van der Waals surface area contributed by atoms with Gasteiger partial charge in [-0.2, -0.15) is 0 Å². The summed E-state index contributed by atoms with van der Waals surface area (Å²) in [4.78, 5) is 0. The maximum atomic E-state index is 5.27. The summed E-state index contributed by atoms with van der Waals surface area (Å²) in [5.74, 6) is 1.60. The van der Waals surface area contributed by atoms with Crippen LogP contribution in [0.15, 0.2) is 24.3 Å². The van der Waals surface area contributed by atoms with Gasteiger partial charge in [0.2, 0.25) is 0 Å². The molecule has 0 aromatic heterocycles. The van der Waals surface area contributed by atoms with E-state index in [0.29, 0.717) is 0 Å². The van der Waals surface area contributed by atoms with Crippen LogP contribution >= 0.6 is 0 Å². The van der Waals surface area contributed by atoms with E-state index in [9.17, 15) is 0 Å². The summed E-state index contributed by atoms with van der Waals surface area (Å²) in [5.41, 5.74) is 2.33. The van der Waals surface area contributed by atoms with Crippen molar-refractivity contribution in [1.29, 1.82) is 0 Å². The average molecular weight is 115 g/mol. The standard InChI is InChI=1S/C8H8B/c1-7-2-4-8(6-9)5-3-7/h2-6H,1H3. The molecule has 43 valence electrons. The Morgan fingerprint density at radius 3 is 2.22 bits per heavy atom. The molecule has 0 unspecified atom stereocenters. The van der Waals surface area contributed by atoms with Gasteiger partial charge in [-0.3, -0.25) is 0 Å². The molecule has 1 radical (unpaired) electrons. The van der Waals surface area contributed by atoms with Crippen molar-refractivity contribution in [3.05, 3.63) is 35.4 Å². The summed E-state index contributed by atoms with van der Waals surface area (Å²) in [5, 5.41) is 0. The van der Waals surface area contributed by atoms with Gasteiger partial charge in [-0.05, 0) is 0 Å². The van der Waals surface area contributed by atoms with Crippen LogP contribution in [0.4, 0.5) is 0 Å². The second-order valence-electron chi connectivity index (χ2n) is 2.08. The van der Waals surface area contributed by atoms with E-state index >= 15 is 0 Å². The topological polar surface area (TPSA) is 0 Å². The van der Waals surface area contributed by atoms with Gasteiger partial charge in [-0.1, -0.05) is 0 Å². The van der Waals surface area contributed by atoms with Crippen LogP contribution in [0, 0.1) is 6.92 Å². The molecule has 0 atom stereocenters. The minimum absolute atomic E-state index is 1.07. The van der Waals surface area contributed by atoms with Crippen molar-refractivity contribution in [2.75, 3.05) is 0 Å². The molecule has 0 aliphatic rings. The summed E-state index contributed by atoms with van der Waals surface area (Å²) < 4.78 is 0. The molecule has 1 heteroatoms. The molecular weight excluding hydrogens is 107 g/mol. The van der Waals surface area contributed by atoms with Gasteiger partial charge in [-0.25, -0.2) is 0 Å². The van der Waals surface area contributed by atoms with Gasteiger partial charge in [0, 0.05) is 0 Å². The predicted molar refractivity (Wildman–Crippen MR) is 42.1 cm³/mol. The van der Waals surface area contributed by atoms with Crippen molar-refractivity contribution in [2.45, 2.75) is 6.92 Å².